The first kappa shape index (κ1) is 20.1. The Balaban J connectivity index is 1.78. The second-order valence-electron chi connectivity index (χ2n) is 6.80. The van der Waals surface area contributed by atoms with Crippen molar-refractivity contribution in [2.24, 2.45) is 5.73 Å². The zero-order valence-electron chi connectivity index (χ0n) is 15.3. The maximum atomic E-state index is 10.1. The van der Waals surface area contributed by atoms with E-state index in [1.165, 1.54) is 0 Å². The lowest BCUT2D eigenvalue weighted by Gasteiger charge is -2.37. The van der Waals surface area contributed by atoms with E-state index in [1.54, 1.807) is 0 Å². The van der Waals surface area contributed by atoms with Crippen LogP contribution in [0.5, 0.6) is 5.75 Å². The molecule has 4 N–H and O–H groups in total. The molecule has 146 valence electrons. The summed E-state index contributed by atoms with van der Waals surface area (Å²) in [6.07, 6.45) is -1.72. The molecule has 0 amide bonds. The number of halogens is 1. The normalized spacial score (nSPS) is 25.4. The number of ether oxygens (including phenoxy) is 2. The lowest BCUT2D eigenvalue weighted by molar-refractivity contribution is -0.166. The summed E-state index contributed by atoms with van der Waals surface area (Å²) in [7, 11) is 0. The monoisotopic (exact) mass is 391 g/mol. The van der Waals surface area contributed by atoms with Crippen LogP contribution in [0.1, 0.15) is 36.1 Å². The molecule has 0 aliphatic carbocycles. The van der Waals surface area contributed by atoms with E-state index in [9.17, 15) is 10.2 Å². The number of hydrogen-bond acceptors (Lipinski definition) is 5. The minimum absolute atomic E-state index is 0.154. The number of nitrogens with two attached hydrogens (primary N) is 1. The minimum Gasteiger partial charge on any atom is -0.494 e. The van der Waals surface area contributed by atoms with Gasteiger partial charge in [-0.3, -0.25) is 0 Å². The first-order chi connectivity index (χ1) is 13.0. The smallest absolute Gasteiger partial charge is 0.119 e. The Labute approximate surface area is 164 Å². The Bertz CT molecular complexity index is 752. The fraction of sp³-hybridized carbons (Fsp3) is 0.429. The standard InChI is InChI=1S/C21H26ClNO4/c1-2-26-16-6-3-13(4-7-16)9-15-10-14(5-8-17(15)22)19-11-18(24)21(25)20(12-23)27-19/h3-8,10,18-21,24-25H,2,9,11-12,23H2,1H3/t18?,19?,20?,21-/m0/s1. The van der Waals surface area contributed by atoms with Crippen LogP contribution in [0.15, 0.2) is 42.5 Å². The van der Waals surface area contributed by atoms with E-state index in [0.717, 1.165) is 22.4 Å². The van der Waals surface area contributed by atoms with E-state index in [-0.39, 0.29) is 12.6 Å². The van der Waals surface area contributed by atoms with E-state index >= 15 is 0 Å². The summed E-state index contributed by atoms with van der Waals surface area (Å²) in [6, 6.07) is 13.7. The summed E-state index contributed by atoms with van der Waals surface area (Å²) < 4.78 is 11.4. The number of hydrogen-bond donors (Lipinski definition) is 3. The summed E-state index contributed by atoms with van der Waals surface area (Å²) in [6.45, 7) is 2.75. The largest absolute Gasteiger partial charge is 0.494 e. The molecule has 0 aromatic heterocycles. The van der Waals surface area contributed by atoms with Gasteiger partial charge in [0.05, 0.1) is 24.9 Å². The Morgan fingerprint density at radius 1 is 1.19 bits per heavy atom. The second-order valence-corrected chi connectivity index (χ2v) is 7.20. The van der Waals surface area contributed by atoms with Crippen molar-refractivity contribution in [1.82, 2.24) is 0 Å². The lowest BCUT2D eigenvalue weighted by atomic mass is 9.92. The maximum absolute atomic E-state index is 10.1. The molecule has 2 aromatic rings. The molecule has 27 heavy (non-hydrogen) atoms. The third-order valence-electron chi connectivity index (χ3n) is 4.87. The predicted octanol–water partition coefficient (Wildman–Crippen LogP) is 2.84. The van der Waals surface area contributed by atoms with Gasteiger partial charge in [0.25, 0.3) is 0 Å². The van der Waals surface area contributed by atoms with Gasteiger partial charge in [-0.15, -0.1) is 0 Å². The summed E-state index contributed by atoms with van der Waals surface area (Å²) in [4.78, 5) is 0. The lowest BCUT2D eigenvalue weighted by Crippen LogP contribution is -2.48. The van der Waals surface area contributed by atoms with Crippen molar-refractivity contribution in [2.75, 3.05) is 13.2 Å². The average molecular weight is 392 g/mol. The van der Waals surface area contributed by atoms with Gasteiger partial charge in [-0.05, 0) is 48.2 Å². The molecule has 1 saturated heterocycles. The molecule has 1 aliphatic heterocycles. The van der Waals surface area contributed by atoms with Crippen molar-refractivity contribution in [1.29, 1.82) is 0 Å². The molecule has 3 unspecified atom stereocenters. The zero-order valence-corrected chi connectivity index (χ0v) is 16.1. The summed E-state index contributed by atoms with van der Waals surface area (Å²) >= 11 is 6.40. The highest BCUT2D eigenvalue weighted by Gasteiger charge is 2.36. The van der Waals surface area contributed by atoms with Crippen molar-refractivity contribution in [3.8, 4) is 5.75 Å². The highest BCUT2D eigenvalue weighted by molar-refractivity contribution is 6.31. The number of aliphatic hydroxyl groups excluding tert-OH is 2. The van der Waals surface area contributed by atoms with Crippen LogP contribution in [-0.4, -0.2) is 41.7 Å². The van der Waals surface area contributed by atoms with Gasteiger partial charge >= 0.3 is 0 Å². The number of benzene rings is 2. The summed E-state index contributed by atoms with van der Waals surface area (Å²) in [5.41, 5.74) is 8.68. The first-order valence-corrected chi connectivity index (χ1v) is 9.61. The molecule has 5 nitrogen and oxygen atoms in total. The second kappa shape index (κ2) is 9.04. The molecular formula is C21H26ClNO4. The minimum atomic E-state index is -0.957. The first-order valence-electron chi connectivity index (χ1n) is 9.23. The Morgan fingerprint density at radius 2 is 1.93 bits per heavy atom. The molecule has 4 atom stereocenters. The van der Waals surface area contributed by atoms with E-state index in [1.807, 2.05) is 49.4 Å². The van der Waals surface area contributed by atoms with Crippen LogP contribution < -0.4 is 10.5 Å². The van der Waals surface area contributed by atoms with Crippen molar-refractivity contribution >= 4 is 11.6 Å². The van der Waals surface area contributed by atoms with Gasteiger partial charge in [-0.1, -0.05) is 35.9 Å². The van der Waals surface area contributed by atoms with Gasteiger partial charge in [0, 0.05) is 18.0 Å². The zero-order chi connectivity index (χ0) is 19.4. The molecular weight excluding hydrogens is 366 g/mol. The van der Waals surface area contributed by atoms with Crippen LogP contribution in [-0.2, 0) is 11.2 Å². The van der Waals surface area contributed by atoms with Crippen LogP contribution in [0.3, 0.4) is 0 Å². The van der Waals surface area contributed by atoms with Crippen molar-refractivity contribution in [3.63, 3.8) is 0 Å². The molecule has 0 saturated carbocycles. The van der Waals surface area contributed by atoms with Crippen LogP contribution in [0.4, 0.5) is 0 Å². The number of aliphatic hydroxyl groups is 2. The summed E-state index contributed by atoms with van der Waals surface area (Å²) in [5.74, 6) is 0.845. The molecule has 1 heterocycles. The Morgan fingerprint density at radius 3 is 2.59 bits per heavy atom. The van der Waals surface area contributed by atoms with Gasteiger partial charge < -0.3 is 25.4 Å². The molecule has 0 spiro atoms. The fourth-order valence-electron chi connectivity index (χ4n) is 3.38. The molecule has 6 heteroatoms. The van der Waals surface area contributed by atoms with Gasteiger partial charge in [0.1, 0.15) is 11.9 Å². The topological polar surface area (TPSA) is 84.9 Å². The average Bonchev–Trinajstić information content (AvgIpc) is 2.67. The number of rotatable bonds is 6. The van der Waals surface area contributed by atoms with Crippen molar-refractivity contribution < 1.29 is 19.7 Å². The van der Waals surface area contributed by atoms with Crippen molar-refractivity contribution in [2.45, 2.75) is 44.2 Å². The van der Waals surface area contributed by atoms with Gasteiger partial charge in [-0.25, -0.2) is 0 Å². The van der Waals surface area contributed by atoms with E-state index in [0.29, 0.717) is 24.5 Å². The van der Waals surface area contributed by atoms with Crippen LogP contribution in [0, 0.1) is 0 Å². The molecule has 1 aliphatic rings. The SMILES string of the molecule is CCOc1ccc(Cc2cc(C3CC(O)[C@H](O)C(CN)O3)ccc2Cl)cc1. The van der Waals surface area contributed by atoms with E-state index in [2.05, 4.69) is 0 Å². The van der Waals surface area contributed by atoms with Gasteiger partial charge in [0.2, 0.25) is 0 Å². The fourth-order valence-corrected chi connectivity index (χ4v) is 3.57. The van der Waals surface area contributed by atoms with Crippen LogP contribution >= 0.6 is 11.6 Å². The third kappa shape index (κ3) is 4.81. The highest BCUT2D eigenvalue weighted by atomic mass is 35.5. The predicted molar refractivity (Wildman–Crippen MR) is 105 cm³/mol. The quantitative estimate of drug-likeness (QED) is 0.705. The maximum Gasteiger partial charge on any atom is 0.119 e. The van der Waals surface area contributed by atoms with Crippen LogP contribution in [0.2, 0.25) is 5.02 Å². The molecule has 1 fully saturated rings. The van der Waals surface area contributed by atoms with Gasteiger partial charge in [-0.2, -0.15) is 0 Å². The molecule has 2 aromatic carbocycles. The highest BCUT2D eigenvalue weighted by Crippen LogP contribution is 2.34. The Kier molecular flexibility index (Phi) is 6.73. The molecule has 0 bridgehead atoms. The molecule has 3 rings (SSSR count). The van der Waals surface area contributed by atoms with Crippen molar-refractivity contribution in [3.05, 3.63) is 64.2 Å². The Hall–Kier alpha value is -1.63. The van der Waals surface area contributed by atoms with Crippen LogP contribution in [0.25, 0.3) is 0 Å². The third-order valence-corrected chi connectivity index (χ3v) is 5.24. The van der Waals surface area contributed by atoms with E-state index in [4.69, 9.17) is 26.8 Å². The molecule has 0 radical (unpaired) electrons. The van der Waals surface area contributed by atoms with Gasteiger partial charge in [0.15, 0.2) is 0 Å². The summed E-state index contributed by atoms with van der Waals surface area (Å²) in [5, 5.41) is 20.8. The van der Waals surface area contributed by atoms with E-state index < -0.39 is 18.3 Å².